The molecule has 0 atom stereocenters. The van der Waals surface area contributed by atoms with Gasteiger partial charge in [0.2, 0.25) is 11.8 Å². The van der Waals surface area contributed by atoms with Crippen molar-refractivity contribution in [3.8, 4) is 0 Å². The normalized spacial score (nSPS) is 11.4. The highest BCUT2D eigenvalue weighted by molar-refractivity contribution is 5.78. The third-order valence-corrected chi connectivity index (χ3v) is 3.08. The number of carbonyl (C=O) groups excluding carboxylic acids is 1. The number of carboxylic acids is 1. The SMILES string of the molecule is CCCc1noc(CCCC(=O)NCC(C)(C)C(=O)O)n1. The summed E-state index contributed by atoms with van der Waals surface area (Å²) in [4.78, 5) is 26.8. The maximum atomic E-state index is 11.6. The van der Waals surface area contributed by atoms with E-state index in [1.54, 1.807) is 13.8 Å². The van der Waals surface area contributed by atoms with E-state index < -0.39 is 11.4 Å². The highest BCUT2D eigenvalue weighted by Crippen LogP contribution is 2.13. The molecular weight excluding hydrogens is 274 g/mol. The van der Waals surface area contributed by atoms with Crippen LogP contribution < -0.4 is 5.32 Å². The number of aliphatic carboxylic acids is 1. The molecule has 0 aliphatic rings. The van der Waals surface area contributed by atoms with Crippen molar-refractivity contribution >= 4 is 11.9 Å². The molecular formula is C14H23N3O4. The quantitative estimate of drug-likeness (QED) is 0.716. The van der Waals surface area contributed by atoms with Crippen LogP contribution in [0.4, 0.5) is 0 Å². The highest BCUT2D eigenvalue weighted by atomic mass is 16.5. The topological polar surface area (TPSA) is 105 Å². The van der Waals surface area contributed by atoms with E-state index in [0.717, 1.165) is 12.8 Å². The molecule has 0 saturated heterocycles. The van der Waals surface area contributed by atoms with Gasteiger partial charge >= 0.3 is 5.97 Å². The van der Waals surface area contributed by atoms with Crippen LogP contribution in [-0.2, 0) is 22.4 Å². The number of aryl methyl sites for hydroxylation is 2. The Morgan fingerprint density at radius 2 is 2.05 bits per heavy atom. The summed E-state index contributed by atoms with van der Waals surface area (Å²) in [6.45, 7) is 5.30. The Balaban J connectivity index is 2.25. The van der Waals surface area contributed by atoms with Crippen LogP contribution in [0.2, 0.25) is 0 Å². The van der Waals surface area contributed by atoms with Crippen LogP contribution in [0.3, 0.4) is 0 Å². The Kier molecular flexibility index (Phi) is 6.33. The van der Waals surface area contributed by atoms with E-state index in [2.05, 4.69) is 15.5 Å². The summed E-state index contributed by atoms with van der Waals surface area (Å²) in [5.41, 5.74) is -0.961. The van der Waals surface area contributed by atoms with Crippen molar-refractivity contribution in [1.82, 2.24) is 15.5 Å². The maximum absolute atomic E-state index is 11.6. The number of hydrogen-bond acceptors (Lipinski definition) is 5. The van der Waals surface area contributed by atoms with Crippen molar-refractivity contribution in [1.29, 1.82) is 0 Å². The molecule has 0 bridgehead atoms. The first-order chi connectivity index (χ1) is 9.85. The predicted octanol–water partition coefficient (Wildman–Crippen LogP) is 1.57. The lowest BCUT2D eigenvalue weighted by Crippen LogP contribution is -2.38. The molecule has 0 spiro atoms. The number of aromatic nitrogens is 2. The van der Waals surface area contributed by atoms with Crippen LogP contribution in [0, 0.1) is 5.41 Å². The summed E-state index contributed by atoms with van der Waals surface area (Å²) >= 11 is 0. The molecule has 1 aromatic rings. The van der Waals surface area contributed by atoms with Gasteiger partial charge in [0.25, 0.3) is 0 Å². The first-order valence-corrected chi connectivity index (χ1v) is 7.16. The Morgan fingerprint density at radius 3 is 2.67 bits per heavy atom. The summed E-state index contributed by atoms with van der Waals surface area (Å²) < 4.78 is 5.07. The van der Waals surface area contributed by atoms with Gasteiger partial charge in [-0.25, -0.2) is 0 Å². The van der Waals surface area contributed by atoms with Crippen LogP contribution in [0.25, 0.3) is 0 Å². The zero-order valence-electron chi connectivity index (χ0n) is 12.8. The highest BCUT2D eigenvalue weighted by Gasteiger charge is 2.27. The van der Waals surface area contributed by atoms with Gasteiger partial charge in [0.1, 0.15) is 0 Å². The zero-order valence-corrected chi connectivity index (χ0v) is 12.8. The van der Waals surface area contributed by atoms with E-state index in [0.29, 0.717) is 31.0 Å². The van der Waals surface area contributed by atoms with Gasteiger partial charge in [0.05, 0.1) is 5.41 Å². The second-order valence-corrected chi connectivity index (χ2v) is 5.67. The number of rotatable bonds is 9. The number of carbonyl (C=O) groups is 2. The predicted molar refractivity (Wildman–Crippen MR) is 75.7 cm³/mol. The first-order valence-electron chi connectivity index (χ1n) is 7.16. The van der Waals surface area contributed by atoms with Crippen LogP contribution in [0.1, 0.15) is 51.7 Å². The van der Waals surface area contributed by atoms with Crippen molar-refractivity contribution < 1.29 is 19.2 Å². The molecule has 7 nitrogen and oxygen atoms in total. The molecule has 0 unspecified atom stereocenters. The molecule has 1 aromatic heterocycles. The van der Waals surface area contributed by atoms with Gasteiger partial charge in [-0.1, -0.05) is 12.1 Å². The molecule has 1 rings (SSSR count). The molecule has 0 fully saturated rings. The van der Waals surface area contributed by atoms with Crippen molar-refractivity contribution in [2.75, 3.05) is 6.54 Å². The van der Waals surface area contributed by atoms with E-state index in [-0.39, 0.29) is 12.5 Å². The number of amides is 1. The van der Waals surface area contributed by atoms with E-state index in [4.69, 9.17) is 9.63 Å². The van der Waals surface area contributed by atoms with Gasteiger partial charge in [0.15, 0.2) is 5.82 Å². The summed E-state index contributed by atoms with van der Waals surface area (Å²) in [6.07, 6.45) is 3.19. The van der Waals surface area contributed by atoms with Crippen molar-refractivity contribution in [3.05, 3.63) is 11.7 Å². The Morgan fingerprint density at radius 1 is 1.33 bits per heavy atom. The second kappa shape index (κ2) is 7.75. The van der Waals surface area contributed by atoms with Crippen molar-refractivity contribution in [2.24, 2.45) is 5.41 Å². The second-order valence-electron chi connectivity index (χ2n) is 5.67. The minimum atomic E-state index is -0.961. The molecule has 2 N–H and O–H groups in total. The Hall–Kier alpha value is -1.92. The lowest BCUT2D eigenvalue weighted by atomic mass is 9.94. The van der Waals surface area contributed by atoms with Crippen LogP contribution >= 0.6 is 0 Å². The molecule has 0 radical (unpaired) electrons. The van der Waals surface area contributed by atoms with Crippen LogP contribution in [0.15, 0.2) is 4.52 Å². The van der Waals surface area contributed by atoms with E-state index in [1.807, 2.05) is 6.92 Å². The van der Waals surface area contributed by atoms with Crippen molar-refractivity contribution in [3.63, 3.8) is 0 Å². The van der Waals surface area contributed by atoms with Crippen LogP contribution in [0.5, 0.6) is 0 Å². The average Bonchev–Trinajstić information content (AvgIpc) is 2.84. The maximum Gasteiger partial charge on any atom is 0.310 e. The minimum absolute atomic E-state index is 0.113. The third kappa shape index (κ3) is 5.93. The standard InChI is InChI=1S/C14H23N3O4/c1-4-6-10-16-12(21-17-10)8-5-7-11(18)15-9-14(2,3)13(19)20/h4-9H2,1-3H3,(H,15,18)(H,19,20). The van der Waals surface area contributed by atoms with Gasteiger partial charge in [-0.2, -0.15) is 4.98 Å². The number of hydrogen-bond donors (Lipinski definition) is 2. The third-order valence-electron chi connectivity index (χ3n) is 3.08. The monoisotopic (exact) mass is 297 g/mol. The lowest BCUT2D eigenvalue weighted by molar-refractivity contribution is -0.146. The molecule has 7 heteroatoms. The van der Waals surface area contributed by atoms with Crippen LogP contribution in [-0.4, -0.2) is 33.7 Å². The molecule has 0 aliphatic carbocycles. The minimum Gasteiger partial charge on any atom is -0.481 e. The van der Waals surface area contributed by atoms with Gasteiger partial charge in [-0.05, 0) is 26.7 Å². The molecule has 0 aromatic carbocycles. The van der Waals surface area contributed by atoms with E-state index in [9.17, 15) is 9.59 Å². The molecule has 0 saturated carbocycles. The first kappa shape index (κ1) is 17.1. The van der Waals surface area contributed by atoms with E-state index >= 15 is 0 Å². The average molecular weight is 297 g/mol. The van der Waals surface area contributed by atoms with Gasteiger partial charge in [0, 0.05) is 25.8 Å². The summed E-state index contributed by atoms with van der Waals surface area (Å²) in [5.74, 6) is 0.131. The fourth-order valence-electron chi connectivity index (χ4n) is 1.60. The smallest absolute Gasteiger partial charge is 0.310 e. The largest absolute Gasteiger partial charge is 0.481 e. The molecule has 1 amide bonds. The molecule has 0 aliphatic heterocycles. The summed E-state index contributed by atoms with van der Waals surface area (Å²) in [7, 11) is 0. The van der Waals surface area contributed by atoms with Crippen molar-refractivity contribution in [2.45, 2.75) is 52.9 Å². The number of nitrogens with one attached hydrogen (secondary N) is 1. The van der Waals surface area contributed by atoms with Gasteiger partial charge < -0.3 is 14.9 Å². The zero-order chi connectivity index (χ0) is 15.9. The summed E-state index contributed by atoms with van der Waals surface area (Å²) in [6, 6.07) is 0. The Labute approximate surface area is 124 Å². The molecule has 21 heavy (non-hydrogen) atoms. The van der Waals surface area contributed by atoms with E-state index in [1.165, 1.54) is 0 Å². The fourth-order valence-corrected chi connectivity index (χ4v) is 1.60. The Bertz CT molecular complexity index is 482. The fraction of sp³-hybridized carbons (Fsp3) is 0.714. The van der Waals surface area contributed by atoms with Gasteiger partial charge in [-0.15, -0.1) is 0 Å². The van der Waals surface area contributed by atoms with Gasteiger partial charge in [-0.3, -0.25) is 9.59 Å². The lowest BCUT2D eigenvalue weighted by Gasteiger charge is -2.19. The summed E-state index contributed by atoms with van der Waals surface area (Å²) in [5, 5.41) is 15.4. The molecule has 1 heterocycles. The molecule has 118 valence electrons. The number of carboxylic acid groups (broad SMARTS) is 1. The number of nitrogens with zero attached hydrogens (tertiary/aromatic N) is 2.